The monoisotopic (exact) mass is 131 g/mol. The van der Waals surface area contributed by atoms with Gasteiger partial charge in [0.05, 0.1) is 0 Å². The van der Waals surface area contributed by atoms with E-state index in [0.29, 0.717) is 0 Å². The minimum Gasteiger partial charge on any atom is -0.130 e. The molecule has 1 rings (SSSR count). The molecule has 0 aliphatic heterocycles. The molecule has 0 N–H and O–H groups in total. The van der Waals surface area contributed by atoms with Crippen LogP contribution in [0, 0.1) is 0 Å². The molecule has 0 fully saturated rings. The predicted octanol–water partition coefficient (Wildman–Crippen LogP) is -0.588. The van der Waals surface area contributed by atoms with Crippen LogP contribution in [0.4, 0.5) is 0 Å². The molecule has 0 nitrogen and oxygen atoms in total. The zero-order chi connectivity index (χ0) is 5.82. The zero-order valence-corrected chi connectivity index (χ0v) is 6.61. The SMILES string of the molecule is CSc1ccccc1.[Li+]. The summed E-state index contributed by atoms with van der Waals surface area (Å²) in [5.41, 5.74) is 0. The van der Waals surface area contributed by atoms with Crippen LogP contribution in [0.15, 0.2) is 35.2 Å². The van der Waals surface area contributed by atoms with Crippen molar-refractivity contribution in [2.24, 2.45) is 0 Å². The van der Waals surface area contributed by atoms with Gasteiger partial charge in [-0.15, -0.1) is 11.8 Å². The second kappa shape index (κ2) is 4.99. The first-order valence-electron chi connectivity index (χ1n) is 2.52. The van der Waals surface area contributed by atoms with Crippen molar-refractivity contribution in [1.82, 2.24) is 0 Å². The van der Waals surface area contributed by atoms with Gasteiger partial charge in [-0.2, -0.15) is 0 Å². The van der Waals surface area contributed by atoms with E-state index >= 15 is 0 Å². The fourth-order valence-electron chi connectivity index (χ4n) is 0.557. The minimum atomic E-state index is 0. The van der Waals surface area contributed by atoms with Gasteiger partial charge in [-0.05, 0) is 18.4 Å². The van der Waals surface area contributed by atoms with Gasteiger partial charge in [0.15, 0.2) is 0 Å². The Morgan fingerprint density at radius 1 is 1.11 bits per heavy atom. The average molecular weight is 131 g/mol. The van der Waals surface area contributed by atoms with Crippen molar-refractivity contribution in [2.45, 2.75) is 4.90 Å². The summed E-state index contributed by atoms with van der Waals surface area (Å²) in [5, 5.41) is 0. The molecule has 0 amide bonds. The average Bonchev–Trinajstić information content (AvgIpc) is 1.90. The number of rotatable bonds is 1. The van der Waals surface area contributed by atoms with Gasteiger partial charge in [0, 0.05) is 4.90 Å². The molecule has 0 atom stereocenters. The Morgan fingerprint density at radius 3 is 2.00 bits per heavy atom. The van der Waals surface area contributed by atoms with Crippen LogP contribution in [0.5, 0.6) is 0 Å². The van der Waals surface area contributed by atoms with Crippen molar-refractivity contribution in [1.29, 1.82) is 0 Å². The first-order valence-corrected chi connectivity index (χ1v) is 3.75. The summed E-state index contributed by atoms with van der Waals surface area (Å²) in [4.78, 5) is 1.33. The zero-order valence-electron chi connectivity index (χ0n) is 5.79. The number of benzene rings is 1. The van der Waals surface area contributed by atoms with E-state index in [1.807, 2.05) is 18.2 Å². The molecule has 2 heteroatoms. The smallest absolute Gasteiger partial charge is 0.130 e. The van der Waals surface area contributed by atoms with Crippen molar-refractivity contribution in [3.05, 3.63) is 30.3 Å². The van der Waals surface area contributed by atoms with Crippen LogP contribution in [-0.4, -0.2) is 6.26 Å². The largest absolute Gasteiger partial charge is 1.00 e. The molecule has 0 aromatic heterocycles. The second-order valence-electron chi connectivity index (χ2n) is 1.52. The second-order valence-corrected chi connectivity index (χ2v) is 2.40. The molecule has 0 heterocycles. The van der Waals surface area contributed by atoms with E-state index < -0.39 is 0 Å². The summed E-state index contributed by atoms with van der Waals surface area (Å²) in [7, 11) is 0. The maximum atomic E-state index is 2.10. The molecule has 0 bridgehead atoms. The molecular formula is C7H8LiS+. The van der Waals surface area contributed by atoms with Crippen molar-refractivity contribution >= 4 is 11.8 Å². The van der Waals surface area contributed by atoms with Crippen LogP contribution in [0.25, 0.3) is 0 Å². The van der Waals surface area contributed by atoms with Crippen LogP contribution in [0.1, 0.15) is 0 Å². The summed E-state index contributed by atoms with van der Waals surface area (Å²) in [6.45, 7) is 0. The van der Waals surface area contributed by atoms with Gasteiger partial charge in [-0.25, -0.2) is 0 Å². The minimum absolute atomic E-state index is 0. The van der Waals surface area contributed by atoms with Gasteiger partial charge in [-0.1, -0.05) is 18.2 Å². The molecule has 1 aromatic carbocycles. The first kappa shape index (κ1) is 9.17. The Kier molecular flexibility index (Phi) is 5.09. The fourth-order valence-corrected chi connectivity index (χ4v) is 0.986. The topological polar surface area (TPSA) is 0 Å². The maximum absolute atomic E-state index is 2.10. The maximum Gasteiger partial charge on any atom is 1.00 e. The molecule has 0 saturated carbocycles. The normalized spacial score (nSPS) is 8.11. The number of hydrogen-bond donors (Lipinski definition) is 0. The molecule has 0 aliphatic carbocycles. The molecule has 0 unspecified atom stereocenters. The molecule has 42 valence electrons. The molecule has 0 saturated heterocycles. The summed E-state index contributed by atoms with van der Waals surface area (Å²) < 4.78 is 0. The van der Waals surface area contributed by atoms with Crippen LogP contribution >= 0.6 is 11.8 Å². The van der Waals surface area contributed by atoms with Crippen molar-refractivity contribution in [3.8, 4) is 0 Å². The third-order valence-corrected chi connectivity index (χ3v) is 1.72. The first-order chi connectivity index (χ1) is 3.93. The van der Waals surface area contributed by atoms with E-state index in [1.54, 1.807) is 11.8 Å². The van der Waals surface area contributed by atoms with Gasteiger partial charge in [0.25, 0.3) is 0 Å². The van der Waals surface area contributed by atoms with Gasteiger partial charge >= 0.3 is 18.9 Å². The van der Waals surface area contributed by atoms with Gasteiger partial charge < -0.3 is 0 Å². The third kappa shape index (κ3) is 3.01. The van der Waals surface area contributed by atoms with E-state index in [0.717, 1.165) is 0 Å². The van der Waals surface area contributed by atoms with E-state index in [2.05, 4.69) is 18.4 Å². The summed E-state index contributed by atoms with van der Waals surface area (Å²) in [6, 6.07) is 10.3. The van der Waals surface area contributed by atoms with E-state index in [1.165, 1.54) is 4.90 Å². The summed E-state index contributed by atoms with van der Waals surface area (Å²) >= 11 is 1.77. The Hall–Kier alpha value is 0.167. The molecule has 0 aliphatic rings. The third-order valence-electron chi connectivity index (χ3n) is 0.979. The Labute approximate surface area is 72.2 Å². The standard InChI is InChI=1S/C7H8S.Li/c1-8-7-5-3-2-4-6-7;/h2-6H,1H3;/q;+1. The summed E-state index contributed by atoms with van der Waals surface area (Å²) in [5.74, 6) is 0. The Morgan fingerprint density at radius 2 is 1.67 bits per heavy atom. The van der Waals surface area contributed by atoms with E-state index in [9.17, 15) is 0 Å². The van der Waals surface area contributed by atoms with Gasteiger partial charge in [-0.3, -0.25) is 0 Å². The van der Waals surface area contributed by atoms with Crippen molar-refractivity contribution in [2.75, 3.05) is 6.26 Å². The fraction of sp³-hybridized carbons (Fsp3) is 0.143. The van der Waals surface area contributed by atoms with Crippen LogP contribution in [-0.2, 0) is 0 Å². The number of thioether (sulfide) groups is 1. The molecule has 0 spiro atoms. The summed E-state index contributed by atoms with van der Waals surface area (Å²) in [6.07, 6.45) is 2.08. The quantitative estimate of drug-likeness (QED) is 0.363. The molecule has 0 radical (unpaired) electrons. The van der Waals surface area contributed by atoms with Gasteiger partial charge in [0.2, 0.25) is 0 Å². The van der Waals surface area contributed by atoms with Gasteiger partial charge in [0.1, 0.15) is 0 Å². The molecule has 9 heavy (non-hydrogen) atoms. The van der Waals surface area contributed by atoms with Crippen molar-refractivity contribution in [3.63, 3.8) is 0 Å². The Balaban J connectivity index is 0.000000640. The van der Waals surface area contributed by atoms with Crippen LogP contribution in [0.3, 0.4) is 0 Å². The number of hydrogen-bond acceptors (Lipinski definition) is 1. The Bertz CT molecular complexity index is 150. The predicted molar refractivity (Wildman–Crippen MR) is 38.2 cm³/mol. The molecular weight excluding hydrogens is 123 g/mol. The van der Waals surface area contributed by atoms with Crippen LogP contribution in [0.2, 0.25) is 0 Å². The van der Waals surface area contributed by atoms with E-state index in [-0.39, 0.29) is 18.9 Å². The van der Waals surface area contributed by atoms with Crippen molar-refractivity contribution < 1.29 is 18.9 Å². The van der Waals surface area contributed by atoms with Crippen LogP contribution < -0.4 is 18.9 Å². The molecule has 1 aromatic rings. The van der Waals surface area contributed by atoms with E-state index in [4.69, 9.17) is 0 Å².